The molecule has 1 atom stereocenters. The lowest BCUT2D eigenvalue weighted by Gasteiger charge is -2.28. The monoisotopic (exact) mass is 307 g/mol. The Morgan fingerprint density at radius 3 is 2.76 bits per heavy atom. The Labute approximate surface area is 131 Å². The van der Waals surface area contributed by atoms with Gasteiger partial charge in [0.2, 0.25) is 0 Å². The number of hydrogen-bond donors (Lipinski definition) is 2. The van der Waals surface area contributed by atoms with Crippen molar-refractivity contribution in [3.63, 3.8) is 0 Å². The maximum atomic E-state index is 11.5. The van der Waals surface area contributed by atoms with Crippen LogP contribution in [0.15, 0.2) is 23.1 Å². The van der Waals surface area contributed by atoms with Crippen molar-refractivity contribution in [3.8, 4) is 0 Å². The summed E-state index contributed by atoms with van der Waals surface area (Å²) < 4.78 is 0. The minimum absolute atomic E-state index is 0.163. The van der Waals surface area contributed by atoms with Gasteiger partial charge >= 0.3 is 5.97 Å². The number of benzene rings is 1. The van der Waals surface area contributed by atoms with E-state index >= 15 is 0 Å². The lowest BCUT2D eigenvalue weighted by molar-refractivity contribution is -0.144. The van der Waals surface area contributed by atoms with Crippen molar-refractivity contribution >= 4 is 17.7 Å². The van der Waals surface area contributed by atoms with Crippen LogP contribution in [0.25, 0.3) is 0 Å². The van der Waals surface area contributed by atoms with Crippen molar-refractivity contribution in [2.24, 2.45) is 0 Å². The summed E-state index contributed by atoms with van der Waals surface area (Å²) in [6, 6.07) is 6.84. The molecule has 0 spiro atoms. The molecule has 4 heteroatoms. The average Bonchev–Trinajstić information content (AvgIpc) is 2.85. The number of rotatable bonds is 7. The Morgan fingerprint density at radius 1 is 1.38 bits per heavy atom. The zero-order valence-corrected chi connectivity index (χ0v) is 13.9. The zero-order chi connectivity index (χ0) is 15.5. The van der Waals surface area contributed by atoms with Gasteiger partial charge in [0.15, 0.2) is 0 Å². The van der Waals surface area contributed by atoms with Crippen LogP contribution in [0.5, 0.6) is 0 Å². The lowest BCUT2D eigenvalue weighted by Crippen LogP contribution is -2.52. The van der Waals surface area contributed by atoms with Crippen LogP contribution in [-0.4, -0.2) is 28.4 Å². The largest absolute Gasteiger partial charge is 0.480 e. The van der Waals surface area contributed by atoms with Gasteiger partial charge in [-0.1, -0.05) is 6.07 Å². The highest BCUT2D eigenvalue weighted by Crippen LogP contribution is 2.29. The van der Waals surface area contributed by atoms with Gasteiger partial charge in [-0.25, -0.2) is 0 Å². The second kappa shape index (κ2) is 6.84. The topological polar surface area (TPSA) is 49.3 Å². The number of hydrogen-bond acceptors (Lipinski definition) is 3. The molecule has 3 nitrogen and oxygen atoms in total. The van der Waals surface area contributed by atoms with Gasteiger partial charge in [0, 0.05) is 16.7 Å². The summed E-state index contributed by atoms with van der Waals surface area (Å²) in [5.74, 6) is 0.0344. The SMILES string of the molecule is CC(C)NC(C)(CCSc1ccc2c(c1)CCC2)C(=O)O. The molecule has 1 aliphatic rings. The van der Waals surface area contributed by atoms with Crippen LogP contribution in [0.3, 0.4) is 0 Å². The fourth-order valence-corrected chi connectivity index (χ4v) is 4.02. The number of carboxylic acids is 1. The smallest absolute Gasteiger partial charge is 0.323 e. The van der Waals surface area contributed by atoms with Crippen LogP contribution in [0, 0.1) is 0 Å². The van der Waals surface area contributed by atoms with E-state index in [1.807, 2.05) is 13.8 Å². The first kappa shape index (κ1) is 16.4. The predicted octanol–water partition coefficient (Wildman–Crippen LogP) is 3.50. The van der Waals surface area contributed by atoms with E-state index in [0.717, 1.165) is 5.75 Å². The molecule has 0 aromatic heterocycles. The normalized spacial score (nSPS) is 16.8. The van der Waals surface area contributed by atoms with E-state index in [1.54, 1.807) is 18.7 Å². The Bertz CT molecular complexity index is 516. The molecule has 21 heavy (non-hydrogen) atoms. The molecule has 2 rings (SSSR count). The van der Waals surface area contributed by atoms with E-state index in [2.05, 4.69) is 23.5 Å². The summed E-state index contributed by atoms with van der Waals surface area (Å²) in [5, 5.41) is 12.6. The third-order valence-corrected chi connectivity index (χ3v) is 5.02. The second-order valence-electron chi connectivity index (χ2n) is 6.32. The minimum atomic E-state index is -0.849. The van der Waals surface area contributed by atoms with Crippen molar-refractivity contribution in [3.05, 3.63) is 29.3 Å². The lowest BCUT2D eigenvalue weighted by atomic mass is 9.98. The molecule has 1 aliphatic carbocycles. The summed E-state index contributed by atoms with van der Waals surface area (Å²) in [6.07, 6.45) is 4.27. The van der Waals surface area contributed by atoms with Gasteiger partial charge in [-0.2, -0.15) is 0 Å². The van der Waals surface area contributed by atoms with Crippen LogP contribution >= 0.6 is 11.8 Å². The fourth-order valence-electron chi connectivity index (χ4n) is 2.89. The molecule has 1 aromatic rings. The Kier molecular flexibility index (Phi) is 5.33. The van der Waals surface area contributed by atoms with Crippen molar-refractivity contribution in [1.29, 1.82) is 0 Å². The minimum Gasteiger partial charge on any atom is -0.480 e. The van der Waals surface area contributed by atoms with Crippen LogP contribution in [-0.2, 0) is 17.6 Å². The number of fused-ring (bicyclic) bond motifs is 1. The highest BCUT2D eigenvalue weighted by Gasteiger charge is 2.32. The zero-order valence-electron chi connectivity index (χ0n) is 13.1. The van der Waals surface area contributed by atoms with Crippen molar-refractivity contribution in [2.75, 3.05) is 5.75 Å². The van der Waals surface area contributed by atoms with E-state index in [-0.39, 0.29) is 6.04 Å². The summed E-state index contributed by atoms with van der Waals surface area (Å²) in [5.41, 5.74) is 2.11. The number of aryl methyl sites for hydroxylation is 2. The number of nitrogens with one attached hydrogen (secondary N) is 1. The third-order valence-electron chi connectivity index (χ3n) is 4.02. The maximum Gasteiger partial charge on any atom is 0.323 e. The summed E-state index contributed by atoms with van der Waals surface area (Å²) in [6.45, 7) is 5.74. The molecular formula is C17H25NO2S. The summed E-state index contributed by atoms with van der Waals surface area (Å²) >= 11 is 1.75. The molecule has 0 saturated carbocycles. The van der Waals surface area contributed by atoms with E-state index < -0.39 is 11.5 Å². The van der Waals surface area contributed by atoms with Gasteiger partial charge in [0.05, 0.1) is 0 Å². The first-order valence-electron chi connectivity index (χ1n) is 7.66. The van der Waals surface area contributed by atoms with Crippen LogP contribution in [0.1, 0.15) is 44.7 Å². The molecule has 1 aromatic carbocycles. The molecule has 0 fully saturated rings. The molecule has 0 saturated heterocycles. The molecule has 0 bridgehead atoms. The van der Waals surface area contributed by atoms with Gasteiger partial charge in [-0.05, 0) is 69.7 Å². The number of thioether (sulfide) groups is 1. The second-order valence-corrected chi connectivity index (χ2v) is 7.49. The van der Waals surface area contributed by atoms with E-state index in [0.29, 0.717) is 6.42 Å². The third kappa shape index (κ3) is 4.24. The maximum absolute atomic E-state index is 11.5. The van der Waals surface area contributed by atoms with E-state index in [9.17, 15) is 9.90 Å². The van der Waals surface area contributed by atoms with Gasteiger partial charge in [-0.15, -0.1) is 11.8 Å². The van der Waals surface area contributed by atoms with Crippen LogP contribution in [0.4, 0.5) is 0 Å². The highest BCUT2D eigenvalue weighted by atomic mass is 32.2. The number of aliphatic carboxylic acids is 1. The Hall–Kier alpha value is -1.00. The molecule has 0 heterocycles. The number of carboxylic acid groups (broad SMARTS) is 1. The molecule has 0 aliphatic heterocycles. The molecule has 0 radical (unpaired) electrons. The Morgan fingerprint density at radius 2 is 2.10 bits per heavy atom. The fraction of sp³-hybridized carbons (Fsp3) is 0.588. The predicted molar refractivity (Wildman–Crippen MR) is 88.1 cm³/mol. The van der Waals surface area contributed by atoms with Gasteiger partial charge in [0.1, 0.15) is 5.54 Å². The van der Waals surface area contributed by atoms with Gasteiger partial charge < -0.3 is 5.11 Å². The molecule has 116 valence electrons. The quantitative estimate of drug-likeness (QED) is 0.757. The van der Waals surface area contributed by atoms with E-state index in [1.165, 1.54) is 35.3 Å². The van der Waals surface area contributed by atoms with Crippen molar-refractivity contribution < 1.29 is 9.90 Å². The van der Waals surface area contributed by atoms with E-state index in [4.69, 9.17) is 0 Å². The van der Waals surface area contributed by atoms with Gasteiger partial charge in [-0.3, -0.25) is 10.1 Å². The highest BCUT2D eigenvalue weighted by molar-refractivity contribution is 7.99. The average molecular weight is 307 g/mol. The molecular weight excluding hydrogens is 282 g/mol. The van der Waals surface area contributed by atoms with Crippen molar-refractivity contribution in [2.45, 2.75) is 62.9 Å². The first-order valence-corrected chi connectivity index (χ1v) is 8.65. The Balaban J connectivity index is 1.92. The van der Waals surface area contributed by atoms with Gasteiger partial charge in [0.25, 0.3) is 0 Å². The first-order chi connectivity index (χ1) is 9.90. The molecule has 2 N–H and O–H groups in total. The standard InChI is InChI=1S/C17H25NO2S/c1-12(2)18-17(3,16(19)20)9-10-21-15-8-7-13-5-4-6-14(13)11-15/h7-8,11-12,18H,4-6,9-10H2,1-3H3,(H,19,20). The summed E-state index contributed by atoms with van der Waals surface area (Å²) in [4.78, 5) is 12.7. The van der Waals surface area contributed by atoms with Crippen molar-refractivity contribution in [1.82, 2.24) is 5.32 Å². The molecule has 1 unspecified atom stereocenters. The number of carbonyl (C=O) groups is 1. The molecule has 0 amide bonds. The van der Waals surface area contributed by atoms with Crippen LogP contribution < -0.4 is 5.32 Å². The summed E-state index contributed by atoms with van der Waals surface area (Å²) in [7, 11) is 0. The van der Waals surface area contributed by atoms with Crippen LogP contribution in [0.2, 0.25) is 0 Å².